The highest BCUT2D eigenvalue weighted by Crippen LogP contribution is 2.33. The van der Waals surface area contributed by atoms with E-state index < -0.39 is 29.4 Å². The molecule has 1 atom stereocenters. The Bertz CT molecular complexity index is 1370. The van der Waals surface area contributed by atoms with Crippen LogP contribution in [-0.2, 0) is 20.7 Å². The third kappa shape index (κ3) is 6.37. The molecule has 0 bridgehead atoms. The second kappa shape index (κ2) is 11.5. The fourth-order valence-electron chi connectivity index (χ4n) is 5.75. The number of amides is 4. The zero-order valence-corrected chi connectivity index (χ0v) is 23.8. The van der Waals surface area contributed by atoms with Gasteiger partial charge >= 0.3 is 5.97 Å². The number of fused-ring (bicyclic) bond motifs is 1. The van der Waals surface area contributed by atoms with E-state index >= 15 is 0 Å². The summed E-state index contributed by atoms with van der Waals surface area (Å²) in [6, 6.07) is 8.13. The molecule has 4 amide bonds. The lowest BCUT2D eigenvalue weighted by Gasteiger charge is -2.32. The highest BCUT2D eigenvalue weighted by Gasteiger charge is 2.44. The smallest absolute Gasteiger partial charge is 0.340 e. The van der Waals surface area contributed by atoms with Gasteiger partial charge in [0, 0.05) is 18.3 Å². The van der Waals surface area contributed by atoms with E-state index in [2.05, 4.69) is 15.2 Å². The number of imide groups is 2. The summed E-state index contributed by atoms with van der Waals surface area (Å²) in [5.41, 5.74) is 2.53. The zero-order valence-electron chi connectivity index (χ0n) is 23.8. The van der Waals surface area contributed by atoms with Crippen molar-refractivity contribution in [2.24, 2.45) is 0 Å². The van der Waals surface area contributed by atoms with Crippen LogP contribution in [0.25, 0.3) is 0 Å². The molecule has 2 saturated heterocycles. The third-order valence-corrected chi connectivity index (χ3v) is 7.89. The van der Waals surface area contributed by atoms with E-state index in [4.69, 9.17) is 4.74 Å². The molecule has 3 aliphatic heterocycles. The number of nitrogens with zero attached hydrogens (tertiary/aromatic N) is 3. The van der Waals surface area contributed by atoms with Gasteiger partial charge < -0.3 is 9.64 Å². The normalized spacial score (nSPS) is 20.3. The van der Waals surface area contributed by atoms with Crippen molar-refractivity contribution in [1.29, 1.82) is 0 Å². The monoisotopic (exact) mass is 560 g/mol. The number of pyridine rings is 1. The summed E-state index contributed by atoms with van der Waals surface area (Å²) in [5.74, 6) is -2.02. The number of carbonyl (C=O) groups is 5. The maximum Gasteiger partial charge on any atom is 0.340 e. The molecule has 41 heavy (non-hydrogen) atoms. The SMILES string of the molecule is CC(C)(C)OC(=O)c1ccc(CCCN2CCC(c3ccc4c(c3)C(=O)N(C3CCC(=O)NC3=O)C4=O)CC2)nc1. The van der Waals surface area contributed by atoms with Crippen LogP contribution in [0.5, 0.6) is 0 Å². The minimum Gasteiger partial charge on any atom is -0.456 e. The fourth-order valence-corrected chi connectivity index (χ4v) is 5.75. The average Bonchev–Trinajstić information content (AvgIpc) is 3.17. The van der Waals surface area contributed by atoms with Crippen LogP contribution in [0.15, 0.2) is 36.5 Å². The Morgan fingerprint density at radius 3 is 2.39 bits per heavy atom. The summed E-state index contributed by atoms with van der Waals surface area (Å²) in [7, 11) is 0. The van der Waals surface area contributed by atoms with Crippen molar-refractivity contribution in [3.8, 4) is 0 Å². The van der Waals surface area contributed by atoms with Crippen LogP contribution < -0.4 is 5.32 Å². The van der Waals surface area contributed by atoms with E-state index in [9.17, 15) is 24.0 Å². The lowest BCUT2D eigenvalue weighted by molar-refractivity contribution is -0.136. The number of likely N-dealkylation sites (tertiary alicyclic amines) is 1. The van der Waals surface area contributed by atoms with Crippen LogP contribution in [0.2, 0.25) is 0 Å². The average molecular weight is 561 g/mol. The Kier molecular flexibility index (Phi) is 8.04. The summed E-state index contributed by atoms with van der Waals surface area (Å²) >= 11 is 0. The number of benzene rings is 1. The minimum atomic E-state index is -0.954. The maximum atomic E-state index is 13.2. The van der Waals surface area contributed by atoms with Gasteiger partial charge in [-0.1, -0.05) is 6.07 Å². The first-order valence-corrected chi connectivity index (χ1v) is 14.3. The largest absolute Gasteiger partial charge is 0.456 e. The number of hydrogen-bond acceptors (Lipinski definition) is 8. The first-order chi connectivity index (χ1) is 19.5. The molecule has 1 aromatic heterocycles. The van der Waals surface area contributed by atoms with Crippen molar-refractivity contribution in [2.75, 3.05) is 19.6 Å². The van der Waals surface area contributed by atoms with Crippen LogP contribution in [0.4, 0.5) is 0 Å². The van der Waals surface area contributed by atoms with Crippen LogP contribution in [0.1, 0.15) is 101 Å². The molecule has 2 aromatic rings. The van der Waals surface area contributed by atoms with Gasteiger partial charge in [0.1, 0.15) is 11.6 Å². The third-order valence-electron chi connectivity index (χ3n) is 7.89. The van der Waals surface area contributed by atoms with Gasteiger partial charge in [0.15, 0.2) is 0 Å². The zero-order chi connectivity index (χ0) is 29.3. The van der Waals surface area contributed by atoms with Gasteiger partial charge in [0.2, 0.25) is 11.8 Å². The number of ether oxygens (including phenoxy) is 1. The molecule has 1 unspecified atom stereocenters. The lowest BCUT2D eigenvalue weighted by atomic mass is 9.87. The van der Waals surface area contributed by atoms with Crippen LogP contribution in [0, 0.1) is 0 Å². The first kappa shape index (κ1) is 28.6. The summed E-state index contributed by atoms with van der Waals surface area (Å²) in [6.45, 7) is 8.32. The molecule has 1 N–H and O–H groups in total. The van der Waals surface area contributed by atoms with Crippen LogP contribution in [0.3, 0.4) is 0 Å². The van der Waals surface area contributed by atoms with Gasteiger partial charge in [0.25, 0.3) is 11.8 Å². The summed E-state index contributed by atoms with van der Waals surface area (Å²) < 4.78 is 5.39. The Balaban J connectivity index is 1.11. The molecule has 0 saturated carbocycles. The summed E-state index contributed by atoms with van der Waals surface area (Å²) in [5, 5.41) is 2.23. The predicted octanol–water partition coefficient (Wildman–Crippen LogP) is 3.25. The molecule has 0 spiro atoms. The number of nitrogens with one attached hydrogen (secondary N) is 1. The van der Waals surface area contributed by atoms with Crippen molar-refractivity contribution < 1.29 is 28.7 Å². The van der Waals surface area contributed by atoms with Crippen molar-refractivity contribution >= 4 is 29.6 Å². The van der Waals surface area contributed by atoms with Gasteiger partial charge in [-0.3, -0.25) is 34.4 Å². The van der Waals surface area contributed by atoms with E-state index in [1.54, 1.807) is 18.3 Å². The summed E-state index contributed by atoms with van der Waals surface area (Å²) in [6.07, 6.45) is 5.49. The molecule has 10 nitrogen and oxygen atoms in total. The predicted molar refractivity (Wildman–Crippen MR) is 149 cm³/mol. The highest BCUT2D eigenvalue weighted by molar-refractivity contribution is 6.23. The van der Waals surface area contributed by atoms with Crippen molar-refractivity contribution in [3.63, 3.8) is 0 Å². The molecule has 1 aromatic carbocycles. The molecule has 0 radical (unpaired) electrons. The number of aromatic nitrogens is 1. The van der Waals surface area contributed by atoms with Gasteiger partial charge in [-0.2, -0.15) is 0 Å². The fraction of sp³-hybridized carbons (Fsp3) is 0.484. The topological polar surface area (TPSA) is 126 Å². The van der Waals surface area contributed by atoms with Crippen molar-refractivity contribution in [3.05, 3.63) is 64.5 Å². The van der Waals surface area contributed by atoms with Gasteiger partial charge in [0.05, 0.1) is 16.7 Å². The number of rotatable bonds is 7. The standard InChI is InChI=1S/C31H36N4O6/c1-31(2,3)41-30(40)21-6-8-22(32-18-21)5-4-14-34-15-12-19(13-16-34)20-7-9-23-24(17-20)29(39)35(28(23)38)25-10-11-26(36)33-27(25)37/h6-9,17-19,25H,4-5,10-16H2,1-3H3,(H,33,36,37). The minimum absolute atomic E-state index is 0.102. The molecule has 10 heteroatoms. The Labute approximate surface area is 239 Å². The molecule has 216 valence electrons. The number of hydrogen-bond donors (Lipinski definition) is 1. The summed E-state index contributed by atoms with van der Waals surface area (Å²) in [4.78, 5) is 70.0. The molecule has 4 heterocycles. The lowest BCUT2D eigenvalue weighted by Crippen LogP contribution is -2.54. The van der Waals surface area contributed by atoms with Crippen molar-refractivity contribution in [2.45, 2.75) is 76.9 Å². The van der Waals surface area contributed by atoms with Gasteiger partial charge in [-0.25, -0.2) is 4.79 Å². The number of esters is 1. The number of piperidine rings is 2. The van der Waals surface area contributed by atoms with E-state index in [-0.39, 0.29) is 30.6 Å². The van der Waals surface area contributed by atoms with Crippen LogP contribution >= 0.6 is 0 Å². The van der Waals surface area contributed by atoms with Gasteiger partial charge in [-0.05, 0) is 108 Å². The van der Waals surface area contributed by atoms with Crippen molar-refractivity contribution in [1.82, 2.24) is 20.1 Å². The van der Waals surface area contributed by atoms with E-state index in [0.717, 1.165) is 61.5 Å². The first-order valence-electron chi connectivity index (χ1n) is 14.3. The quantitative estimate of drug-likeness (QED) is 0.404. The number of aryl methyl sites for hydroxylation is 1. The molecule has 2 fully saturated rings. The maximum absolute atomic E-state index is 13.2. The molecular weight excluding hydrogens is 524 g/mol. The second-order valence-electron chi connectivity index (χ2n) is 12.0. The molecular formula is C31H36N4O6. The number of carbonyl (C=O) groups excluding carboxylic acids is 5. The molecule has 0 aliphatic carbocycles. The van der Waals surface area contributed by atoms with E-state index in [1.165, 1.54) is 0 Å². The second-order valence-corrected chi connectivity index (χ2v) is 12.0. The van der Waals surface area contributed by atoms with E-state index in [0.29, 0.717) is 16.7 Å². The Morgan fingerprint density at radius 2 is 1.73 bits per heavy atom. The Hall–Kier alpha value is -3.92. The Morgan fingerprint density at radius 1 is 1.00 bits per heavy atom. The molecule has 3 aliphatic rings. The van der Waals surface area contributed by atoms with E-state index in [1.807, 2.05) is 39.0 Å². The highest BCUT2D eigenvalue weighted by atomic mass is 16.6. The van der Waals surface area contributed by atoms with Gasteiger partial charge in [-0.15, -0.1) is 0 Å². The molecule has 5 rings (SSSR count). The van der Waals surface area contributed by atoms with Crippen LogP contribution in [-0.4, -0.2) is 75.7 Å².